The third kappa shape index (κ3) is 3.34. The lowest BCUT2D eigenvalue weighted by Gasteiger charge is -2.08. The first-order valence-corrected chi connectivity index (χ1v) is 7.95. The van der Waals surface area contributed by atoms with Gasteiger partial charge in [-0.25, -0.2) is 17.2 Å². The molecular weight excluding hydrogens is 352 g/mol. The molecule has 0 aliphatic carbocycles. The Kier molecular flexibility index (Phi) is 4.10. The topological polar surface area (TPSA) is 60.2 Å². The minimum Gasteiger partial charge on any atom is -0.398 e. The third-order valence-electron chi connectivity index (χ3n) is 2.59. The maximum atomic E-state index is 13.2. The van der Waals surface area contributed by atoms with Gasteiger partial charge in [0.1, 0.15) is 11.6 Å². The van der Waals surface area contributed by atoms with E-state index in [1.807, 2.05) is 0 Å². The second-order valence-electron chi connectivity index (χ2n) is 4.22. The molecule has 20 heavy (non-hydrogen) atoms. The summed E-state index contributed by atoms with van der Waals surface area (Å²) in [5, 5.41) is 0. The van der Waals surface area contributed by atoms with Crippen LogP contribution in [0.5, 0.6) is 0 Å². The van der Waals surface area contributed by atoms with Crippen LogP contribution < -0.4 is 5.73 Å². The second-order valence-corrected chi connectivity index (χ2v) is 7.09. The Balaban J connectivity index is 2.43. The molecule has 0 amide bonds. The Bertz CT molecular complexity index is 743. The first kappa shape index (κ1) is 14.9. The zero-order chi connectivity index (χ0) is 14.9. The zero-order valence-electron chi connectivity index (χ0n) is 10.1. The van der Waals surface area contributed by atoms with Gasteiger partial charge in [-0.3, -0.25) is 0 Å². The highest BCUT2D eigenvalue weighted by Crippen LogP contribution is 2.25. The summed E-state index contributed by atoms with van der Waals surface area (Å²) in [5.74, 6) is -1.72. The van der Waals surface area contributed by atoms with E-state index in [0.717, 1.165) is 18.2 Å². The van der Waals surface area contributed by atoms with Crippen molar-refractivity contribution in [2.24, 2.45) is 0 Å². The van der Waals surface area contributed by atoms with E-state index in [1.165, 1.54) is 18.2 Å². The summed E-state index contributed by atoms with van der Waals surface area (Å²) in [4.78, 5) is -0.294. The molecule has 0 saturated heterocycles. The summed E-state index contributed by atoms with van der Waals surface area (Å²) < 4.78 is 51.2. The van der Waals surface area contributed by atoms with E-state index < -0.39 is 27.2 Å². The molecule has 0 bridgehead atoms. The van der Waals surface area contributed by atoms with Crippen molar-refractivity contribution < 1.29 is 17.2 Å². The summed E-state index contributed by atoms with van der Waals surface area (Å²) in [6, 6.07) is 6.93. The first-order valence-electron chi connectivity index (χ1n) is 5.51. The summed E-state index contributed by atoms with van der Waals surface area (Å²) in [6.07, 6.45) is 0. The number of hydrogen-bond donors (Lipinski definition) is 1. The summed E-state index contributed by atoms with van der Waals surface area (Å²) in [7, 11) is -3.85. The fraction of sp³-hybridized carbons (Fsp3) is 0.0769. The van der Waals surface area contributed by atoms with E-state index in [1.54, 1.807) is 0 Å². The molecule has 2 rings (SSSR count). The zero-order valence-corrected chi connectivity index (χ0v) is 12.5. The molecule has 0 aliphatic heterocycles. The van der Waals surface area contributed by atoms with Gasteiger partial charge >= 0.3 is 0 Å². The predicted octanol–water partition coefficient (Wildman–Crippen LogP) is 3.28. The quantitative estimate of drug-likeness (QED) is 0.853. The number of halogens is 3. The largest absolute Gasteiger partial charge is 0.398 e. The van der Waals surface area contributed by atoms with Gasteiger partial charge in [-0.1, -0.05) is 15.9 Å². The molecule has 2 aromatic carbocycles. The summed E-state index contributed by atoms with van der Waals surface area (Å²) >= 11 is 3.08. The molecule has 106 valence electrons. The molecular formula is C13H10BrF2NO2S. The van der Waals surface area contributed by atoms with Crippen LogP contribution in [0.2, 0.25) is 0 Å². The fourth-order valence-electron chi connectivity index (χ4n) is 1.77. The minimum absolute atomic E-state index is 0.0399. The Morgan fingerprint density at radius 3 is 2.40 bits per heavy atom. The van der Waals surface area contributed by atoms with Crippen LogP contribution in [0.4, 0.5) is 14.5 Å². The van der Waals surface area contributed by atoms with E-state index in [-0.39, 0.29) is 16.1 Å². The maximum absolute atomic E-state index is 13.2. The molecule has 0 fully saturated rings. The average Bonchev–Trinajstić information content (AvgIpc) is 2.30. The van der Waals surface area contributed by atoms with Gasteiger partial charge in [0, 0.05) is 4.47 Å². The lowest BCUT2D eigenvalue weighted by atomic mass is 10.2. The Labute approximate surface area is 123 Å². The van der Waals surface area contributed by atoms with Crippen molar-refractivity contribution in [2.45, 2.75) is 10.6 Å². The van der Waals surface area contributed by atoms with Crippen LogP contribution in [0, 0.1) is 11.6 Å². The Morgan fingerprint density at radius 1 is 1.05 bits per heavy atom. The monoisotopic (exact) mass is 361 g/mol. The number of nitrogen functional groups attached to an aromatic ring is 1. The summed E-state index contributed by atoms with van der Waals surface area (Å²) in [6.45, 7) is 0. The van der Waals surface area contributed by atoms with Crippen molar-refractivity contribution in [1.82, 2.24) is 0 Å². The van der Waals surface area contributed by atoms with Crippen LogP contribution in [-0.4, -0.2) is 8.42 Å². The molecule has 2 N–H and O–H groups in total. The average molecular weight is 362 g/mol. The van der Waals surface area contributed by atoms with Crippen LogP contribution in [-0.2, 0) is 15.6 Å². The van der Waals surface area contributed by atoms with Crippen LogP contribution in [0.3, 0.4) is 0 Å². The molecule has 0 heterocycles. The van der Waals surface area contributed by atoms with E-state index in [9.17, 15) is 17.2 Å². The van der Waals surface area contributed by atoms with Gasteiger partial charge in [0.2, 0.25) is 0 Å². The van der Waals surface area contributed by atoms with Gasteiger partial charge < -0.3 is 5.73 Å². The molecule has 0 radical (unpaired) electrons. The normalized spacial score (nSPS) is 11.6. The predicted molar refractivity (Wildman–Crippen MR) is 75.8 cm³/mol. The number of nitrogens with two attached hydrogens (primary N) is 1. The lowest BCUT2D eigenvalue weighted by molar-refractivity contribution is 0.590. The number of rotatable bonds is 3. The lowest BCUT2D eigenvalue weighted by Crippen LogP contribution is -2.08. The van der Waals surface area contributed by atoms with E-state index in [0.29, 0.717) is 4.47 Å². The van der Waals surface area contributed by atoms with Gasteiger partial charge in [0.25, 0.3) is 0 Å². The van der Waals surface area contributed by atoms with Crippen molar-refractivity contribution >= 4 is 31.5 Å². The van der Waals surface area contributed by atoms with Crippen LogP contribution in [0.25, 0.3) is 0 Å². The number of anilines is 1. The highest BCUT2D eigenvalue weighted by molar-refractivity contribution is 9.10. The molecule has 2 aromatic rings. The standard InChI is InChI=1S/C13H10BrF2NO2S/c14-9-3-8(4-11(16)5-9)7-20(18,19)13-6-10(15)1-2-12(13)17/h1-6H,7,17H2. The third-order valence-corrected chi connectivity index (χ3v) is 4.78. The Hall–Kier alpha value is -1.47. The van der Waals surface area contributed by atoms with Crippen molar-refractivity contribution in [2.75, 3.05) is 5.73 Å². The summed E-state index contributed by atoms with van der Waals surface area (Å²) in [5.41, 5.74) is 5.77. The minimum atomic E-state index is -3.85. The second kappa shape index (κ2) is 5.49. The molecule has 0 atom stereocenters. The van der Waals surface area contributed by atoms with Crippen molar-refractivity contribution in [3.8, 4) is 0 Å². The molecule has 0 unspecified atom stereocenters. The number of sulfone groups is 1. The van der Waals surface area contributed by atoms with Gasteiger partial charge in [0.05, 0.1) is 16.3 Å². The van der Waals surface area contributed by atoms with E-state index in [4.69, 9.17) is 5.73 Å². The van der Waals surface area contributed by atoms with Gasteiger partial charge in [-0.15, -0.1) is 0 Å². The molecule has 3 nitrogen and oxygen atoms in total. The van der Waals surface area contributed by atoms with Crippen molar-refractivity contribution in [3.63, 3.8) is 0 Å². The molecule has 7 heteroatoms. The SMILES string of the molecule is Nc1ccc(F)cc1S(=O)(=O)Cc1cc(F)cc(Br)c1. The van der Waals surface area contributed by atoms with Gasteiger partial charge in [-0.05, 0) is 42.0 Å². The van der Waals surface area contributed by atoms with Crippen LogP contribution in [0.1, 0.15) is 5.56 Å². The van der Waals surface area contributed by atoms with Crippen molar-refractivity contribution in [1.29, 1.82) is 0 Å². The van der Waals surface area contributed by atoms with Gasteiger partial charge in [-0.2, -0.15) is 0 Å². The van der Waals surface area contributed by atoms with E-state index in [2.05, 4.69) is 15.9 Å². The fourth-order valence-corrected chi connectivity index (χ4v) is 3.76. The number of hydrogen-bond acceptors (Lipinski definition) is 3. The van der Waals surface area contributed by atoms with Gasteiger partial charge in [0.15, 0.2) is 9.84 Å². The maximum Gasteiger partial charge on any atom is 0.184 e. The molecule has 0 spiro atoms. The first-order chi connectivity index (χ1) is 9.28. The highest BCUT2D eigenvalue weighted by atomic mass is 79.9. The Morgan fingerprint density at radius 2 is 1.75 bits per heavy atom. The van der Waals surface area contributed by atoms with Crippen molar-refractivity contribution in [3.05, 3.63) is 58.1 Å². The van der Waals surface area contributed by atoms with E-state index >= 15 is 0 Å². The van der Waals surface area contributed by atoms with Crippen LogP contribution >= 0.6 is 15.9 Å². The highest BCUT2D eigenvalue weighted by Gasteiger charge is 2.19. The molecule has 0 saturated carbocycles. The smallest absolute Gasteiger partial charge is 0.184 e. The number of benzene rings is 2. The molecule has 0 aromatic heterocycles. The van der Waals surface area contributed by atoms with Crippen LogP contribution in [0.15, 0.2) is 45.8 Å². The molecule has 0 aliphatic rings.